The lowest BCUT2D eigenvalue weighted by Crippen LogP contribution is -2.24. The number of nitrogens with one attached hydrogen (secondary N) is 2. The van der Waals surface area contributed by atoms with Crippen LogP contribution >= 0.6 is 0 Å². The number of amides is 1. The first-order valence-corrected chi connectivity index (χ1v) is 6.88. The van der Waals surface area contributed by atoms with Gasteiger partial charge in [0.2, 0.25) is 0 Å². The van der Waals surface area contributed by atoms with Gasteiger partial charge in [0, 0.05) is 29.2 Å². The number of methoxy groups -OCH3 is 1. The van der Waals surface area contributed by atoms with E-state index in [0.29, 0.717) is 11.4 Å². The molecule has 5 heteroatoms. The van der Waals surface area contributed by atoms with E-state index in [1.54, 1.807) is 31.4 Å². The van der Waals surface area contributed by atoms with E-state index >= 15 is 0 Å². The number of benzene rings is 1. The number of aromatic amines is 1. The number of fused-ring (bicyclic) bond motifs is 1. The highest BCUT2D eigenvalue weighted by Gasteiger charge is 2.20. The lowest BCUT2D eigenvalue weighted by atomic mass is 10.1. The minimum absolute atomic E-state index is 0.151. The molecular formula is C16H16N2O3. The fourth-order valence-corrected chi connectivity index (χ4v) is 2.61. The SMILES string of the molecule is COc1cccc(NC(=O)c2c[nH]c3c(c2=O)CCC3)c1. The number of anilines is 1. The number of carbonyl (C=O) groups is 1. The molecule has 0 saturated heterocycles. The summed E-state index contributed by atoms with van der Waals surface area (Å²) in [6.45, 7) is 0. The van der Waals surface area contributed by atoms with Gasteiger partial charge in [-0.15, -0.1) is 0 Å². The van der Waals surface area contributed by atoms with Crippen molar-refractivity contribution in [2.45, 2.75) is 19.3 Å². The van der Waals surface area contributed by atoms with Crippen LogP contribution in [0.2, 0.25) is 0 Å². The predicted molar refractivity (Wildman–Crippen MR) is 80.0 cm³/mol. The van der Waals surface area contributed by atoms with Gasteiger partial charge in [0.05, 0.1) is 7.11 Å². The largest absolute Gasteiger partial charge is 0.497 e. The molecule has 1 amide bonds. The van der Waals surface area contributed by atoms with E-state index < -0.39 is 5.91 Å². The highest BCUT2D eigenvalue weighted by Crippen LogP contribution is 2.19. The zero-order chi connectivity index (χ0) is 14.8. The van der Waals surface area contributed by atoms with E-state index in [-0.39, 0.29) is 11.0 Å². The molecule has 1 aliphatic rings. The Hall–Kier alpha value is -2.56. The third-order valence-corrected chi connectivity index (χ3v) is 3.70. The first-order valence-electron chi connectivity index (χ1n) is 6.88. The maximum Gasteiger partial charge on any atom is 0.261 e. The Bertz CT molecular complexity index is 749. The first-order chi connectivity index (χ1) is 10.2. The Morgan fingerprint density at radius 2 is 2.19 bits per heavy atom. The van der Waals surface area contributed by atoms with Crippen LogP contribution in [0.1, 0.15) is 28.0 Å². The molecule has 1 aromatic carbocycles. The number of aryl methyl sites for hydroxylation is 1. The summed E-state index contributed by atoms with van der Waals surface area (Å²) in [5.41, 5.74) is 2.28. The number of carbonyl (C=O) groups excluding carboxylic acids is 1. The summed E-state index contributed by atoms with van der Waals surface area (Å²) in [7, 11) is 1.56. The zero-order valence-corrected chi connectivity index (χ0v) is 11.7. The molecule has 5 nitrogen and oxygen atoms in total. The van der Waals surface area contributed by atoms with Gasteiger partial charge in [-0.3, -0.25) is 9.59 Å². The van der Waals surface area contributed by atoms with Gasteiger partial charge in [0.25, 0.3) is 5.91 Å². The monoisotopic (exact) mass is 284 g/mol. The number of hydrogen-bond donors (Lipinski definition) is 2. The Labute approximate surface area is 122 Å². The lowest BCUT2D eigenvalue weighted by molar-refractivity contribution is 0.102. The van der Waals surface area contributed by atoms with Crippen LogP contribution in [0.5, 0.6) is 5.75 Å². The van der Waals surface area contributed by atoms with E-state index in [1.807, 2.05) is 0 Å². The highest BCUT2D eigenvalue weighted by molar-refractivity contribution is 6.04. The maximum atomic E-state index is 12.3. The first kappa shape index (κ1) is 13.4. The van der Waals surface area contributed by atoms with Crippen molar-refractivity contribution in [3.05, 3.63) is 57.5 Å². The summed E-state index contributed by atoms with van der Waals surface area (Å²) in [6.07, 6.45) is 4.08. The van der Waals surface area contributed by atoms with Gasteiger partial charge in [-0.05, 0) is 31.4 Å². The van der Waals surface area contributed by atoms with Crippen LogP contribution in [0, 0.1) is 0 Å². The maximum absolute atomic E-state index is 12.3. The predicted octanol–water partition coefficient (Wildman–Crippen LogP) is 2.12. The normalized spacial score (nSPS) is 12.8. The summed E-state index contributed by atoms with van der Waals surface area (Å²) in [5, 5.41) is 2.73. The summed E-state index contributed by atoms with van der Waals surface area (Å²) in [6, 6.07) is 7.03. The van der Waals surface area contributed by atoms with Crippen LogP contribution in [-0.2, 0) is 12.8 Å². The Morgan fingerprint density at radius 3 is 3.00 bits per heavy atom. The van der Waals surface area contributed by atoms with Crippen LogP contribution in [0.4, 0.5) is 5.69 Å². The number of rotatable bonds is 3. The van der Waals surface area contributed by atoms with Crippen molar-refractivity contribution in [2.24, 2.45) is 0 Å². The van der Waals surface area contributed by atoms with Crippen LogP contribution < -0.4 is 15.5 Å². The molecule has 3 rings (SSSR count). The fourth-order valence-electron chi connectivity index (χ4n) is 2.61. The number of aromatic nitrogens is 1. The minimum atomic E-state index is -0.404. The fraction of sp³-hybridized carbons (Fsp3) is 0.250. The van der Waals surface area contributed by atoms with Crippen LogP contribution in [0.3, 0.4) is 0 Å². The summed E-state index contributed by atoms with van der Waals surface area (Å²) >= 11 is 0. The molecule has 0 radical (unpaired) electrons. The zero-order valence-electron chi connectivity index (χ0n) is 11.7. The molecule has 0 aliphatic heterocycles. The quantitative estimate of drug-likeness (QED) is 0.907. The van der Waals surface area contributed by atoms with Gasteiger partial charge in [-0.2, -0.15) is 0 Å². The second-order valence-corrected chi connectivity index (χ2v) is 5.03. The van der Waals surface area contributed by atoms with Crippen LogP contribution in [0.15, 0.2) is 35.3 Å². The average Bonchev–Trinajstić information content (AvgIpc) is 2.97. The third kappa shape index (κ3) is 2.54. The number of pyridine rings is 1. The van der Waals surface area contributed by atoms with Gasteiger partial charge in [0.15, 0.2) is 5.43 Å². The van der Waals surface area contributed by atoms with Gasteiger partial charge in [-0.1, -0.05) is 6.07 Å². The lowest BCUT2D eigenvalue weighted by Gasteiger charge is -2.08. The minimum Gasteiger partial charge on any atom is -0.497 e. The van der Waals surface area contributed by atoms with Crippen LogP contribution in [-0.4, -0.2) is 18.0 Å². The molecule has 0 saturated carbocycles. The molecular weight excluding hydrogens is 268 g/mol. The van der Waals surface area contributed by atoms with Gasteiger partial charge < -0.3 is 15.0 Å². The average molecular weight is 284 g/mol. The molecule has 0 spiro atoms. The van der Waals surface area contributed by atoms with Crippen molar-refractivity contribution in [1.29, 1.82) is 0 Å². The number of hydrogen-bond acceptors (Lipinski definition) is 3. The van der Waals surface area contributed by atoms with Crippen molar-refractivity contribution in [1.82, 2.24) is 4.98 Å². The van der Waals surface area contributed by atoms with Crippen molar-refractivity contribution >= 4 is 11.6 Å². The van der Waals surface area contributed by atoms with Crippen LogP contribution in [0.25, 0.3) is 0 Å². The molecule has 0 unspecified atom stereocenters. The van der Waals surface area contributed by atoms with E-state index in [1.165, 1.54) is 6.20 Å². The molecule has 1 heterocycles. The summed E-state index contributed by atoms with van der Waals surface area (Å²) < 4.78 is 5.11. The van der Waals surface area contributed by atoms with Crippen molar-refractivity contribution < 1.29 is 9.53 Å². The standard InChI is InChI=1S/C16H16N2O3/c1-21-11-5-2-4-10(8-11)18-16(20)13-9-17-14-7-3-6-12(14)15(13)19/h2,4-5,8-9H,3,6-7H2,1H3,(H,17,19)(H,18,20). The van der Waals surface area contributed by atoms with E-state index in [4.69, 9.17) is 4.74 Å². The molecule has 21 heavy (non-hydrogen) atoms. The van der Waals surface area contributed by atoms with Gasteiger partial charge in [0.1, 0.15) is 11.3 Å². The third-order valence-electron chi connectivity index (χ3n) is 3.70. The summed E-state index contributed by atoms with van der Waals surface area (Å²) in [5.74, 6) is 0.245. The molecule has 2 aromatic rings. The summed E-state index contributed by atoms with van der Waals surface area (Å²) in [4.78, 5) is 27.6. The molecule has 1 aromatic heterocycles. The second kappa shape index (κ2) is 5.44. The van der Waals surface area contributed by atoms with Crippen molar-refractivity contribution in [3.63, 3.8) is 0 Å². The highest BCUT2D eigenvalue weighted by atomic mass is 16.5. The van der Waals surface area contributed by atoms with Gasteiger partial charge in [-0.25, -0.2) is 0 Å². The van der Waals surface area contributed by atoms with Crippen molar-refractivity contribution in [2.75, 3.05) is 12.4 Å². The molecule has 1 aliphatic carbocycles. The molecule has 0 fully saturated rings. The Morgan fingerprint density at radius 1 is 1.33 bits per heavy atom. The van der Waals surface area contributed by atoms with Gasteiger partial charge >= 0.3 is 0 Å². The molecule has 108 valence electrons. The van der Waals surface area contributed by atoms with Crippen molar-refractivity contribution in [3.8, 4) is 5.75 Å². The Balaban J connectivity index is 1.87. The number of H-pyrrole nitrogens is 1. The second-order valence-electron chi connectivity index (χ2n) is 5.03. The molecule has 0 atom stereocenters. The number of ether oxygens (including phenoxy) is 1. The van der Waals surface area contributed by atoms with E-state index in [9.17, 15) is 9.59 Å². The topological polar surface area (TPSA) is 71.2 Å². The molecule has 0 bridgehead atoms. The van der Waals surface area contributed by atoms with E-state index in [0.717, 1.165) is 30.5 Å². The smallest absolute Gasteiger partial charge is 0.261 e. The molecule has 2 N–H and O–H groups in total. The van der Waals surface area contributed by atoms with E-state index in [2.05, 4.69) is 10.3 Å². The Kier molecular flexibility index (Phi) is 3.48.